The monoisotopic (exact) mass is 172 g/mol. The lowest BCUT2D eigenvalue weighted by atomic mass is 10.2. The van der Waals surface area contributed by atoms with Crippen LogP contribution < -0.4 is 11.5 Å². The van der Waals surface area contributed by atoms with Crippen molar-refractivity contribution in [3.63, 3.8) is 0 Å². The second kappa shape index (κ2) is 4.23. The molecule has 0 aliphatic carbocycles. The van der Waals surface area contributed by atoms with Crippen molar-refractivity contribution in [2.45, 2.75) is 12.8 Å². The lowest BCUT2D eigenvalue weighted by Gasteiger charge is -2.09. The number of nitrogens with two attached hydrogens (primary N) is 2. The fraction of sp³-hybridized carbons (Fsp3) is 0.667. The predicted molar refractivity (Wildman–Crippen MR) is 49.8 cm³/mol. The van der Waals surface area contributed by atoms with Crippen LogP contribution in [-0.2, 0) is 0 Å². The van der Waals surface area contributed by atoms with Crippen LogP contribution in [0, 0.1) is 0 Å². The normalized spacial score (nSPS) is 17.6. The Morgan fingerprint density at radius 3 is 2.45 bits per heavy atom. The first-order chi connectivity index (χ1) is 5.29. The molecule has 5 heteroatoms. The van der Waals surface area contributed by atoms with Gasteiger partial charge in [0, 0.05) is 5.71 Å². The molecule has 4 N–H and O–H groups in total. The molecule has 0 aromatic carbocycles. The number of rotatable bonds is 1. The molecule has 0 spiro atoms. The third-order valence-electron chi connectivity index (χ3n) is 1.38. The van der Waals surface area contributed by atoms with Gasteiger partial charge in [-0.05, 0) is 24.3 Å². The highest BCUT2D eigenvalue weighted by atomic mass is 32.2. The maximum absolute atomic E-state index is 5.13. The van der Waals surface area contributed by atoms with E-state index in [-0.39, 0.29) is 5.96 Å². The van der Waals surface area contributed by atoms with Gasteiger partial charge < -0.3 is 11.5 Å². The molecule has 0 saturated carbocycles. The summed E-state index contributed by atoms with van der Waals surface area (Å²) < 4.78 is 0. The third kappa shape index (κ3) is 3.27. The van der Waals surface area contributed by atoms with E-state index in [1.807, 2.05) is 11.8 Å². The maximum atomic E-state index is 5.13. The van der Waals surface area contributed by atoms with E-state index in [0.717, 1.165) is 30.1 Å². The minimum absolute atomic E-state index is 0.0377. The van der Waals surface area contributed by atoms with E-state index in [2.05, 4.69) is 10.2 Å². The molecule has 0 unspecified atom stereocenters. The molecule has 1 rings (SSSR count). The Kier molecular flexibility index (Phi) is 3.22. The van der Waals surface area contributed by atoms with Gasteiger partial charge in [-0.2, -0.15) is 16.9 Å². The molecule has 4 nitrogen and oxygen atoms in total. The first-order valence-electron chi connectivity index (χ1n) is 3.51. The molecular formula is C6H12N4S. The summed E-state index contributed by atoms with van der Waals surface area (Å²) in [5.41, 5.74) is 11.4. The Morgan fingerprint density at radius 1 is 1.27 bits per heavy atom. The van der Waals surface area contributed by atoms with Crippen LogP contribution in [0.1, 0.15) is 12.8 Å². The first-order valence-corrected chi connectivity index (χ1v) is 4.66. The predicted octanol–water partition coefficient (Wildman–Crippen LogP) is 0.143. The molecule has 1 heterocycles. The van der Waals surface area contributed by atoms with E-state index in [9.17, 15) is 0 Å². The molecule has 0 bridgehead atoms. The van der Waals surface area contributed by atoms with Gasteiger partial charge in [0.15, 0.2) is 0 Å². The van der Waals surface area contributed by atoms with Crippen molar-refractivity contribution in [3.8, 4) is 0 Å². The van der Waals surface area contributed by atoms with Crippen molar-refractivity contribution in [2.75, 3.05) is 11.5 Å². The Morgan fingerprint density at radius 2 is 1.91 bits per heavy atom. The summed E-state index contributed by atoms with van der Waals surface area (Å²) in [6, 6.07) is 0. The summed E-state index contributed by atoms with van der Waals surface area (Å²) in [7, 11) is 0. The summed E-state index contributed by atoms with van der Waals surface area (Å²) >= 11 is 1.94. The minimum Gasteiger partial charge on any atom is -0.369 e. The smallest absolute Gasteiger partial charge is 0.211 e. The summed E-state index contributed by atoms with van der Waals surface area (Å²) in [4.78, 5) is 0. The molecule has 0 amide bonds. The van der Waals surface area contributed by atoms with Crippen LogP contribution >= 0.6 is 11.8 Å². The van der Waals surface area contributed by atoms with Crippen molar-refractivity contribution in [3.05, 3.63) is 0 Å². The summed E-state index contributed by atoms with van der Waals surface area (Å²) in [5, 5.41) is 7.52. The quantitative estimate of drug-likeness (QED) is 0.335. The van der Waals surface area contributed by atoms with Gasteiger partial charge in [-0.25, -0.2) is 0 Å². The van der Waals surface area contributed by atoms with Gasteiger partial charge in [0.1, 0.15) is 0 Å². The highest BCUT2D eigenvalue weighted by molar-refractivity contribution is 7.99. The second-order valence-electron chi connectivity index (χ2n) is 2.30. The molecule has 0 aromatic rings. The summed E-state index contributed by atoms with van der Waals surface area (Å²) in [5.74, 6) is 2.31. The second-order valence-corrected chi connectivity index (χ2v) is 3.53. The zero-order valence-corrected chi connectivity index (χ0v) is 7.10. The zero-order valence-electron chi connectivity index (χ0n) is 6.29. The largest absolute Gasteiger partial charge is 0.369 e. The van der Waals surface area contributed by atoms with Crippen LogP contribution in [0.3, 0.4) is 0 Å². The highest BCUT2D eigenvalue weighted by Crippen LogP contribution is 2.14. The highest BCUT2D eigenvalue weighted by Gasteiger charge is 2.05. The Balaban J connectivity index is 2.44. The van der Waals surface area contributed by atoms with E-state index < -0.39 is 0 Å². The van der Waals surface area contributed by atoms with Crippen molar-refractivity contribution in [1.29, 1.82) is 0 Å². The van der Waals surface area contributed by atoms with E-state index in [1.165, 1.54) is 0 Å². The zero-order chi connectivity index (χ0) is 8.10. The van der Waals surface area contributed by atoms with Crippen LogP contribution in [0.2, 0.25) is 0 Å². The number of hydrogen-bond acceptors (Lipinski definition) is 3. The van der Waals surface area contributed by atoms with Gasteiger partial charge >= 0.3 is 0 Å². The van der Waals surface area contributed by atoms with Crippen LogP contribution in [0.25, 0.3) is 0 Å². The number of thioether (sulfide) groups is 1. The van der Waals surface area contributed by atoms with Gasteiger partial charge in [0.2, 0.25) is 5.96 Å². The van der Waals surface area contributed by atoms with Crippen LogP contribution in [-0.4, -0.2) is 23.2 Å². The summed E-state index contributed by atoms with van der Waals surface area (Å²) in [6.45, 7) is 0. The van der Waals surface area contributed by atoms with Gasteiger partial charge in [-0.1, -0.05) is 0 Å². The fourth-order valence-electron chi connectivity index (χ4n) is 0.835. The molecule has 1 saturated heterocycles. The van der Waals surface area contributed by atoms with E-state index in [1.54, 1.807) is 0 Å². The molecule has 1 aliphatic rings. The van der Waals surface area contributed by atoms with Crippen LogP contribution in [0.4, 0.5) is 0 Å². The lowest BCUT2D eigenvalue weighted by molar-refractivity contribution is 1.08. The standard InChI is InChI=1S/C6H12N4S/c7-6(8)10-9-5-1-3-11-4-2-5/h1-4H2,(H4,7,8,10). The molecule has 0 radical (unpaired) electrons. The molecule has 62 valence electrons. The van der Waals surface area contributed by atoms with E-state index in [4.69, 9.17) is 11.5 Å². The van der Waals surface area contributed by atoms with E-state index in [0.29, 0.717) is 0 Å². The van der Waals surface area contributed by atoms with Gasteiger partial charge in [0.25, 0.3) is 0 Å². The average Bonchev–Trinajstić information content (AvgIpc) is 2.03. The fourth-order valence-corrected chi connectivity index (χ4v) is 1.80. The van der Waals surface area contributed by atoms with Crippen molar-refractivity contribution >= 4 is 23.4 Å². The average molecular weight is 172 g/mol. The SMILES string of the molecule is NC(N)=NN=C1CCSCC1. The first kappa shape index (κ1) is 8.39. The minimum atomic E-state index is 0.0377. The Bertz CT molecular complexity index is 175. The number of hydrogen-bond donors (Lipinski definition) is 2. The molecular weight excluding hydrogens is 160 g/mol. The van der Waals surface area contributed by atoms with Gasteiger partial charge in [-0.3, -0.25) is 0 Å². The molecule has 1 aliphatic heterocycles. The maximum Gasteiger partial charge on any atom is 0.211 e. The van der Waals surface area contributed by atoms with Crippen molar-refractivity contribution in [1.82, 2.24) is 0 Å². The third-order valence-corrected chi connectivity index (χ3v) is 2.36. The lowest BCUT2D eigenvalue weighted by Crippen LogP contribution is -2.22. The number of guanidine groups is 1. The van der Waals surface area contributed by atoms with Crippen molar-refractivity contribution in [2.24, 2.45) is 21.7 Å². The molecule has 0 atom stereocenters. The molecule has 11 heavy (non-hydrogen) atoms. The topological polar surface area (TPSA) is 76.8 Å². The van der Waals surface area contributed by atoms with E-state index >= 15 is 0 Å². The Hall–Kier alpha value is -0.710. The summed E-state index contributed by atoms with van der Waals surface area (Å²) in [6.07, 6.45) is 2.03. The van der Waals surface area contributed by atoms with Gasteiger partial charge in [-0.15, -0.1) is 5.10 Å². The van der Waals surface area contributed by atoms with Crippen LogP contribution in [0.5, 0.6) is 0 Å². The molecule has 0 aromatic heterocycles. The van der Waals surface area contributed by atoms with Gasteiger partial charge in [0.05, 0.1) is 0 Å². The van der Waals surface area contributed by atoms with Crippen LogP contribution in [0.15, 0.2) is 10.2 Å². The van der Waals surface area contributed by atoms with Crippen molar-refractivity contribution < 1.29 is 0 Å². The Labute approximate surface area is 70.1 Å². The number of nitrogens with zero attached hydrogens (tertiary/aromatic N) is 2. The molecule has 1 fully saturated rings.